The Hall–Kier alpha value is -1.91. The summed E-state index contributed by atoms with van der Waals surface area (Å²) in [5, 5.41) is 9.03. The lowest BCUT2D eigenvalue weighted by atomic mass is 10.1. The molecule has 4 nitrogen and oxygen atoms in total. The van der Waals surface area contributed by atoms with Crippen LogP contribution in [-0.2, 0) is 9.59 Å². The number of hydrogen-bond donors (Lipinski definition) is 1. The second kappa shape index (κ2) is 5.25. The van der Waals surface area contributed by atoms with Crippen LogP contribution >= 0.6 is 0 Å². The molecule has 0 aromatic heterocycles. The first kappa shape index (κ1) is 12.2. The number of amides is 1. The van der Waals surface area contributed by atoms with Crippen molar-refractivity contribution in [3.8, 4) is 0 Å². The summed E-state index contributed by atoms with van der Waals surface area (Å²) < 4.78 is 13.0. The Morgan fingerprint density at radius 2 is 2.31 bits per heavy atom. The molecular weight excluding hydrogens is 213 g/mol. The van der Waals surface area contributed by atoms with Crippen molar-refractivity contribution in [3.63, 3.8) is 0 Å². The van der Waals surface area contributed by atoms with Gasteiger partial charge in [0, 0.05) is 6.54 Å². The van der Waals surface area contributed by atoms with Crippen molar-refractivity contribution in [2.45, 2.75) is 13.0 Å². The molecule has 0 aliphatic rings. The fourth-order valence-electron chi connectivity index (χ4n) is 1.47. The number of nitrogens with zero attached hydrogens (tertiary/aromatic N) is 1. The van der Waals surface area contributed by atoms with E-state index >= 15 is 0 Å². The lowest BCUT2D eigenvalue weighted by Gasteiger charge is -2.23. The molecule has 1 aromatic carbocycles. The Labute approximate surface area is 92.3 Å². The first-order valence-corrected chi connectivity index (χ1v) is 4.79. The molecule has 1 rings (SSSR count). The monoisotopic (exact) mass is 225 g/mol. The van der Waals surface area contributed by atoms with E-state index in [0.29, 0.717) is 6.41 Å². The molecule has 0 aliphatic carbocycles. The standard InChI is InChI=1S/C11H12FNO3/c1-2-13(7-14)10(11(15)16)8-4-3-5-9(12)6-8/h3-7,10H,2H2,1H3,(H,15,16). The number of aliphatic carboxylic acids is 1. The van der Waals surface area contributed by atoms with Crippen molar-refractivity contribution in [2.24, 2.45) is 0 Å². The van der Waals surface area contributed by atoms with E-state index in [1.54, 1.807) is 6.92 Å². The minimum Gasteiger partial charge on any atom is -0.479 e. The van der Waals surface area contributed by atoms with E-state index in [9.17, 15) is 14.0 Å². The van der Waals surface area contributed by atoms with Gasteiger partial charge in [-0.1, -0.05) is 12.1 Å². The maximum atomic E-state index is 13.0. The fraction of sp³-hybridized carbons (Fsp3) is 0.273. The van der Waals surface area contributed by atoms with Crippen LogP contribution in [0.5, 0.6) is 0 Å². The highest BCUT2D eigenvalue weighted by molar-refractivity contribution is 5.78. The van der Waals surface area contributed by atoms with Gasteiger partial charge in [-0.3, -0.25) is 4.79 Å². The number of carbonyl (C=O) groups excluding carboxylic acids is 1. The van der Waals surface area contributed by atoms with E-state index < -0.39 is 17.8 Å². The molecule has 86 valence electrons. The summed E-state index contributed by atoms with van der Waals surface area (Å²) in [5.74, 6) is -1.70. The van der Waals surface area contributed by atoms with Gasteiger partial charge in [0.1, 0.15) is 5.82 Å². The summed E-state index contributed by atoms with van der Waals surface area (Å²) in [5.41, 5.74) is 0.251. The highest BCUT2D eigenvalue weighted by atomic mass is 19.1. The second-order valence-electron chi connectivity index (χ2n) is 3.23. The first-order valence-electron chi connectivity index (χ1n) is 4.79. The SMILES string of the molecule is CCN(C=O)C(C(=O)O)c1cccc(F)c1. The van der Waals surface area contributed by atoms with Crippen molar-refractivity contribution in [1.82, 2.24) is 4.90 Å². The number of benzene rings is 1. The van der Waals surface area contributed by atoms with Crippen LogP contribution in [0.3, 0.4) is 0 Å². The van der Waals surface area contributed by atoms with Gasteiger partial charge >= 0.3 is 5.97 Å². The van der Waals surface area contributed by atoms with Crippen LogP contribution in [0.15, 0.2) is 24.3 Å². The summed E-state index contributed by atoms with van der Waals surface area (Å²) in [6.07, 6.45) is 0.448. The van der Waals surface area contributed by atoms with E-state index in [2.05, 4.69) is 0 Å². The van der Waals surface area contributed by atoms with Crippen LogP contribution in [0.25, 0.3) is 0 Å². The summed E-state index contributed by atoms with van der Waals surface area (Å²) in [4.78, 5) is 22.9. The summed E-state index contributed by atoms with van der Waals surface area (Å²) in [6, 6.07) is 4.09. The van der Waals surface area contributed by atoms with Crippen LogP contribution < -0.4 is 0 Å². The number of rotatable bonds is 5. The molecule has 0 aliphatic heterocycles. The molecule has 0 saturated heterocycles. The minimum absolute atomic E-state index is 0.247. The van der Waals surface area contributed by atoms with Crippen LogP contribution in [0.4, 0.5) is 4.39 Å². The largest absolute Gasteiger partial charge is 0.479 e. The maximum absolute atomic E-state index is 13.0. The maximum Gasteiger partial charge on any atom is 0.331 e. The Balaban J connectivity index is 3.11. The molecule has 0 heterocycles. The van der Waals surface area contributed by atoms with Gasteiger partial charge in [0.05, 0.1) is 0 Å². The normalized spacial score (nSPS) is 11.9. The zero-order valence-corrected chi connectivity index (χ0v) is 8.76. The molecule has 1 atom stereocenters. The smallest absolute Gasteiger partial charge is 0.331 e. The Bertz CT molecular complexity index is 395. The van der Waals surface area contributed by atoms with Crippen LogP contribution in [0.2, 0.25) is 0 Å². The van der Waals surface area contributed by atoms with Crippen LogP contribution in [-0.4, -0.2) is 28.9 Å². The molecule has 0 saturated carbocycles. The molecule has 0 fully saturated rings. The number of carboxylic acid groups (broad SMARTS) is 1. The molecule has 0 radical (unpaired) electrons. The number of halogens is 1. The number of likely N-dealkylation sites (N-methyl/N-ethyl adjacent to an activating group) is 1. The van der Waals surface area contributed by atoms with Crippen molar-refractivity contribution in [3.05, 3.63) is 35.6 Å². The summed E-state index contributed by atoms with van der Waals surface area (Å²) in [7, 11) is 0. The van der Waals surface area contributed by atoms with Gasteiger partial charge in [0.2, 0.25) is 6.41 Å². The van der Waals surface area contributed by atoms with Crippen LogP contribution in [0, 0.1) is 5.82 Å². The third-order valence-electron chi connectivity index (χ3n) is 2.23. The van der Waals surface area contributed by atoms with E-state index in [1.807, 2.05) is 0 Å². The third kappa shape index (κ3) is 2.56. The molecule has 5 heteroatoms. The Kier molecular flexibility index (Phi) is 3.99. The number of carbonyl (C=O) groups is 2. The van der Waals surface area contributed by atoms with E-state index in [1.165, 1.54) is 18.2 Å². The van der Waals surface area contributed by atoms with Crippen molar-refractivity contribution >= 4 is 12.4 Å². The Morgan fingerprint density at radius 3 is 2.75 bits per heavy atom. The first-order chi connectivity index (χ1) is 7.60. The van der Waals surface area contributed by atoms with Crippen molar-refractivity contribution < 1.29 is 19.1 Å². The fourth-order valence-corrected chi connectivity index (χ4v) is 1.47. The molecule has 0 spiro atoms. The lowest BCUT2D eigenvalue weighted by molar-refractivity contribution is -0.146. The van der Waals surface area contributed by atoms with Crippen molar-refractivity contribution in [1.29, 1.82) is 0 Å². The summed E-state index contributed by atoms with van der Waals surface area (Å²) in [6.45, 7) is 1.90. The second-order valence-corrected chi connectivity index (χ2v) is 3.23. The van der Waals surface area contributed by atoms with Crippen molar-refractivity contribution in [2.75, 3.05) is 6.54 Å². The molecule has 1 amide bonds. The zero-order valence-electron chi connectivity index (χ0n) is 8.76. The molecule has 1 unspecified atom stereocenters. The highest BCUT2D eigenvalue weighted by Crippen LogP contribution is 2.20. The van der Waals surface area contributed by atoms with Gasteiger partial charge in [0.25, 0.3) is 0 Å². The van der Waals surface area contributed by atoms with Gasteiger partial charge in [-0.25, -0.2) is 9.18 Å². The van der Waals surface area contributed by atoms with Gasteiger partial charge in [-0.05, 0) is 24.6 Å². The average Bonchev–Trinajstić information content (AvgIpc) is 2.24. The highest BCUT2D eigenvalue weighted by Gasteiger charge is 2.25. The lowest BCUT2D eigenvalue weighted by Crippen LogP contribution is -2.32. The Morgan fingerprint density at radius 1 is 1.62 bits per heavy atom. The molecule has 1 N–H and O–H groups in total. The molecular formula is C11H12FNO3. The van der Waals surface area contributed by atoms with E-state index in [-0.39, 0.29) is 12.1 Å². The van der Waals surface area contributed by atoms with Gasteiger partial charge in [0.15, 0.2) is 6.04 Å². The predicted molar refractivity (Wildman–Crippen MR) is 55.2 cm³/mol. The number of carboxylic acids is 1. The zero-order chi connectivity index (χ0) is 12.1. The predicted octanol–water partition coefficient (Wildman–Crippen LogP) is 1.43. The van der Waals surface area contributed by atoms with E-state index in [4.69, 9.17) is 5.11 Å². The van der Waals surface area contributed by atoms with Gasteiger partial charge < -0.3 is 10.0 Å². The van der Waals surface area contributed by atoms with Crippen LogP contribution in [0.1, 0.15) is 18.5 Å². The minimum atomic E-state index is -1.18. The van der Waals surface area contributed by atoms with Gasteiger partial charge in [-0.15, -0.1) is 0 Å². The molecule has 1 aromatic rings. The quantitative estimate of drug-likeness (QED) is 0.771. The third-order valence-corrected chi connectivity index (χ3v) is 2.23. The topological polar surface area (TPSA) is 57.6 Å². The van der Waals surface area contributed by atoms with Gasteiger partial charge in [-0.2, -0.15) is 0 Å². The summed E-state index contributed by atoms with van der Waals surface area (Å²) >= 11 is 0. The molecule has 16 heavy (non-hydrogen) atoms. The molecule has 0 bridgehead atoms. The average molecular weight is 225 g/mol. The number of hydrogen-bond acceptors (Lipinski definition) is 2. The van der Waals surface area contributed by atoms with E-state index in [0.717, 1.165) is 11.0 Å².